The van der Waals surface area contributed by atoms with E-state index in [2.05, 4.69) is 5.32 Å². The summed E-state index contributed by atoms with van der Waals surface area (Å²) in [7, 11) is 1.38. The van der Waals surface area contributed by atoms with Crippen LogP contribution in [0, 0.1) is 11.8 Å². The lowest BCUT2D eigenvalue weighted by atomic mass is 9.49. The maximum Gasteiger partial charge on any atom is 0.311 e. The SMILES string of the molecule is CNC(=O)C1C(C(=O)O)C2(O)c3ccccc3C1(O)c1ccccc12. The summed E-state index contributed by atoms with van der Waals surface area (Å²) in [5.74, 6) is -4.83. The van der Waals surface area contributed by atoms with E-state index < -0.39 is 34.9 Å². The van der Waals surface area contributed by atoms with Gasteiger partial charge in [-0.1, -0.05) is 48.5 Å². The maximum absolute atomic E-state index is 12.6. The quantitative estimate of drug-likeness (QED) is 0.639. The molecule has 3 aliphatic rings. The number of nitrogens with one attached hydrogen (secondary N) is 1. The molecule has 128 valence electrons. The number of fused-ring (bicyclic) bond motifs is 1. The summed E-state index contributed by atoms with van der Waals surface area (Å²) >= 11 is 0. The molecule has 0 saturated heterocycles. The summed E-state index contributed by atoms with van der Waals surface area (Å²) in [6.45, 7) is 0. The lowest BCUT2D eigenvalue weighted by Crippen LogP contribution is -2.65. The van der Waals surface area contributed by atoms with Gasteiger partial charge in [0.2, 0.25) is 5.91 Å². The molecule has 0 saturated carbocycles. The summed E-state index contributed by atoms with van der Waals surface area (Å²) in [5, 5.41) is 35.6. The zero-order valence-electron chi connectivity index (χ0n) is 13.4. The Morgan fingerprint density at radius 1 is 0.840 bits per heavy atom. The molecule has 1 amide bonds. The number of amides is 1. The number of hydrogen-bond donors (Lipinski definition) is 4. The van der Waals surface area contributed by atoms with E-state index in [1.807, 2.05) is 0 Å². The van der Waals surface area contributed by atoms with Crippen molar-refractivity contribution in [1.29, 1.82) is 0 Å². The van der Waals surface area contributed by atoms with Crippen LogP contribution in [0.25, 0.3) is 0 Å². The first-order valence-electron chi connectivity index (χ1n) is 7.97. The Morgan fingerprint density at radius 3 is 1.52 bits per heavy atom. The van der Waals surface area contributed by atoms with Crippen LogP contribution in [0.3, 0.4) is 0 Å². The molecule has 0 fully saturated rings. The zero-order chi connectivity index (χ0) is 18.0. The van der Waals surface area contributed by atoms with E-state index in [1.165, 1.54) is 7.05 Å². The summed E-state index contributed by atoms with van der Waals surface area (Å²) < 4.78 is 0. The third-order valence-corrected chi connectivity index (χ3v) is 5.53. The summed E-state index contributed by atoms with van der Waals surface area (Å²) in [5.41, 5.74) is -2.36. The van der Waals surface area contributed by atoms with E-state index in [9.17, 15) is 24.9 Å². The van der Waals surface area contributed by atoms with E-state index >= 15 is 0 Å². The first kappa shape index (κ1) is 15.8. The molecule has 2 bridgehead atoms. The lowest BCUT2D eigenvalue weighted by Gasteiger charge is -2.56. The number of hydrogen-bond acceptors (Lipinski definition) is 4. The van der Waals surface area contributed by atoms with Gasteiger partial charge in [-0.3, -0.25) is 9.59 Å². The van der Waals surface area contributed by atoms with Gasteiger partial charge < -0.3 is 20.6 Å². The number of aliphatic hydroxyl groups is 2. The molecule has 4 N–H and O–H groups in total. The fourth-order valence-corrected chi connectivity index (χ4v) is 4.56. The zero-order valence-corrected chi connectivity index (χ0v) is 13.4. The van der Waals surface area contributed by atoms with Crippen LogP contribution in [-0.4, -0.2) is 34.2 Å². The smallest absolute Gasteiger partial charge is 0.311 e. The van der Waals surface area contributed by atoms with Crippen molar-refractivity contribution in [2.24, 2.45) is 11.8 Å². The fourth-order valence-electron chi connectivity index (χ4n) is 4.56. The second-order valence-corrected chi connectivity index (χ2v) is 6.53. The van der Waals surface area contributed by atoms with Crippen molar-refractivity contribution in [2.75, 3.05) is 7.05 Å². The van der Waals surface area contributed by atoms with Gasteiger partial charge in [0.25, 0.3) is 0 Å². The average Bonchev–Trinajstić information content (AvgIpc) is 2.63. The highest BCUT2D eigenvalue weighted by Gasteiger charge is 2.69. The Balaban J connectivity index is 2.18. The number of carboxylic acid groups (broad SMARTS) is 1. The summed E-state index contributed by atoms with van der Waals surface area (Å²) in [6.07, 6.45) is 0. The van der Waals surface area contributed by atoms with Crippen LogP contribution < -0.4 is 5.32 Å². The van der Waals surface area contributed by atoms with Gasteiger partial charge in [0.05, 0.1) is 5.92 Å². The molecular weight excluding hydrogens is 322 g/mol. The van der Waals surface area contributed by atoms with Gasteiger partial charge in [-0.25, -0.2) is 0 Å². The molecule has 3 aliphatic carbocycles. The van der Waals surface area contributed by atoms with Crippen LogP contribution >= 0.6 is 0 Å². The summed E-state index contributed by atoms with van der Waals surface area (Å²) in [4.78, 5) is 24.7. The van der Waals surface area contributed by atoms with E-state index in [0.29, 0.717) is 22.3 Å². The Morgan fingerprint density at radius 2 is 1.20 bits per heavy atom. The van der Waals surface area contributed by atoms with Crippen molar-refractivity contribution >= 4 is 11.9 Å². The molecule has 0 aliphatic heterocycles. The molecule has 5 rings (SSSR count). The van der Waals surface area contributed by atoms with E-state index in [-0.39, 0.29) is 0 Å². The molecule has 0 spiro atoms. The number of benzene rings is 2. The Labute approximate surface area is 143 Å². The standard InChI is InChI=1S/C19H17NO5/c1-20-16(21)14-15(17(22)23)19(25)12-8-4-2-6-10(12)18(14,24)11-7-3-5-9-13(11)19/h2-9,14-15,24-25H,1H3,(H,20,21)(H,22,23). The molecule has 2 atom stereocenters. The first-order chi connectivity index (χ1) is 11.9. The Hall–Kier alpha value is -2.70. The number of rotatable bonds is 2. The van der Waals surface area contributed by atoms with Gasteiger partial charge in [0.1, 0.15) is 17.1 Å². The number of aliphatic carboxylic acids is 1. The molecule has 2 aromatic rings. The van der Waals surface area contributed by atoms with E-state index in [0.717, 1.165) is 0 Å². The normalized spacial score (nSPS) is 31.8. The molecule has 2 aromatic carbocycles. The molecular formula is C19H17NO5. The highest BCUT2D eigenvalue weighted by molar-refractivity contribution is 5.91. The van der Waals surface area contributed by atoms with E-state index in [4.69, 9.17) is 0 Å². The predicted octanol–water partition coefficient (Wildman–Crippen LogP) is 0.548. The van der Waals surface area contributed by atoms with Gasteiger partial charge in [0, 0.05) is 7.05 Å². The molecule has 0 radical (unpaired) electrons. The molecule has 2 unspecified atom stereocenters. The number of carbonyl (C=O) groups excluding carboxylic acids is 1. The second-order valence-electron chi connectivity index (χ2n) is 6.53. The Bertz CT molecular complexity index is 859. The van der Waals surface area contributed by atoms with Crippen LogP contribution in [0.2, 0.25) is 0 Å². The topological polar surface area (TPSA) is 107 Å². The van der Waals surface area contributed by atoms with Crippen LogP contribution in [0.4, 0.5) is 0 Å². The van der Waals surface area contributed by atoms with Crippen molar-refractivity contribution in [3.8, 4) is 0 Å². The van der Waals surface area contributed by atoms with Crippen molar-refractivity contribution in [2.45, 2.75) is 11.2 Å². The van der Waals surface area contributed by atoms with Gasteiger partial charge in [-0.2, -0.15) is 0 Å². The molecule has 25 heavy (non-hydrogen) atoms. The largest absolute Gasteiger partial charge is 0.481 e. The minimum atomic E-state index is -1.90. The monoisotopic (exact) mass is 339 g/mol. The van der Waals surface area contributed by atoms with Crippen molar-refractivity contribution < 1.29 is 24.9 Å². The second kappa shape index (κ2) is 4.91. The Kier molecular flexibility index (Phi) is 3.10. The average molecular weight is 339 g/mol. The third-order valence-electron chi connectivity index (χ3n) is 5.53. The van der Waals surface area contributed by atoms with Crippen LogP contribution in [-0.2, 0) is 20.8 Å². The highest BCUT2D eigenvalue weighted by Crippen LogP contribution is 2.62. The molecule has 6 nitrogen and oxygen atoms in total. The molecule has 0 heterocycles. The maximum atomic E-state index is 12.6. The first-order valence-corrected chi connectivity index (χ1v) is 7.97. The minimum Gasteiger partial charge on any atom is -0.481 e. The minimum absolute atomic E-state index is 0.323. The third kappa shape index (κ3) is 1.65. The van der Waals surface area contributed by atoms with Crippen molar-refractivity contribution in [3.05, 3.63) is 70.8 Å². The van der Waals surface area contributed by atoms with Crippen LogP contribution in [0.5, 0.6) is 0 Å². The van der Waals surface area contributed by atoms with Crippen molar-refractivity contribution in [1.82, 2.24) is 5.32 Å². The van der Waals surface area contributed by atoms with Gasteiger partial charge in [-0.15, -0.1) is 0 Å². The van der Waals surface area contributed by atoms with Gasteiger partial charge >= 0.3 is 5.97 Å². The molecule has 6 heteroatoms. The predicted molar refractivity (Wildman–Crippen MR) is 87.6 cm³/mol. The highest BCUT2D eigenvalue weighted by atomic mass is 16.4. The number of carbonyl (C=O) groups is 2. The van der Waals surface area contributed by atoms with E-state index in [1.54, 1.807) is 48.5 Å². The van der Waals surface area contributed by atoms with Gasteiger partial charge in [0.15, 0.2) is 0 Å². The number of carboxylic acids is 1. The lowest BCUT2D eigenvalue weighted by molar-refractivity contribution is -0.179. The van der Waals surface area contributed by atoms with Crippen LogP contribution in [0.1, 0.15) is 22.3 Å². The van der Waals surface area contributed by atoms with Crippen molar-refractivity contribution in [3.63, 3.8) is 0 Å². The fraction of sp³-hybridized carbons (Fsp3) is 0.263. The molecule has 0 aromatic heterocycles. The van der Waals surface area contributed by atoms with Crippen LogP contribution in [0.15, 0.2) is 48.5 Å². The van der Waals surface area contributed by atoms with Gasteiger partial charge in [-0.05, 0) is 22.3 Å². The summed E-state index contributed by atoms with van der Waals surface area (Å²) in [6, 6.07) is 13.2.